The summed E-state index contributed by atoms with van der Waals surface area (Å²) in [6, 6.07) is 17.8. The molecule has 0 aromatic heterocycles. The smallest absolute Gasteiger partial charge is 0.253 e. The van der Waals surface area contributed by atoms with E-state index >= 15 is 0 Å². The number of carbonyl (C=O) groups excluding carboxylic acids is 2. The minimum Gasteiger partial charge on any atom is -0.339 e. The Kier molecular flexibility index (Phi) is 5.17. The fraction of sp³-hybridized carbons (Fsp3) is 0.333. The van der Waals surface area contributed by atoms with Crippen molar-refractivity contribution in [2.75, 3.05) is 26.2 Å². The Bertz CT molecular complexity index is 748. The third-order valence-electron chi connectivity index (χ3n) is 4.59. The highest BCUT2D eigenvalue weighted by Gasteiger charge is 2.26. The summed E-state index contributed by atoms with van der Waals surface area (Å²) in [4.78, 5) is 28.6. The summed E-state index contributed by atoms with van der Waals surface area (Å²) < 4.78 is 0. The van der Waals surface area contributed by atoms with E-state index in [2.05, 4.69) is 0 Å². The van der Waals surface area contributed by atoms with E-state index in [9.17, 15) is 9.59 Å². The minimum absolute atomic E-state index is 0.00445. The average Bonchev–Trinajstić information content (AvgIpc) is 2.67. The molecule has 0 radical (unpaired) electrons. The summed E-state index contributed by atoms with van der Waals surface area (Å²) in [6.45, 7) is 6.23. The SMILES string of the molecule is CC(C)C(=O)N1CCN(C(=O)c2cccc(-c3ccccc3)c2)CC1. The lowest BCUT2D eigenvalue weighted by Crippen LogP contribution is -2.51. The van der Waals surface area contributed by atoms with Crippen molar-refractivity contribution in [3.05, 3.63) is 60.2 Å². The molecular weight excluding hydrogens is 312 g/mol. The van der Waals surface area contributed by atoms with Gasteiger partial charge in [0, 0.05) is 37.7 Å². The molecule has 2 amide bonds. The molecule has 0 atom stereocenters. The molecule has 1 saturated heterocycles. The molecule has 2 aromatic carbocycles. The molecule has 130 valence electrons. The van der Waals surface area contributed by atoms with Gasteiger partial charge in [-0.15, -0.1) is 0 Å². The first-order chi connectivity index (χ1) is 12.1. The molecule has 0 bridgehead atoms. The van der Waals surface area contributed by atoms with Gasteiger partial charge in [0.2, 0.25) is 5.91 Å². The van der Waals surface area contributed by atoms with Gasteiger partial charge in [0.15, 0.2) is 0 Å². The van der Waals surface area contributed by atoms with Crippen LogP contribution in [0.1, 0.15) is 24.2 Å². The first kappa shape index (κ1) is 17.2. The van der Waals surface area contributed by atoms with Gasteiger partial charge in [-0.05, 0) is 23.3 Å². The van der Waals surface area contributed by atoms with Gasteiger partial charge in [0.1, 0.15) is 0 Å². The molecule has 0 saturated carbocycles. The van der Waals surface area contributed by atoms with E-state index in [1.807, 2.05) is 78.2 Å². The summed E-state index contributed by atoms with van der Waals surface area (Å²) in [5.74, 6) is 0.206. The molecule has 1 aliphatic heterocycles. The van der Waals surface area contributed by atoms with Crippen molar-refractivity contribution in [3.8, 4) is 11.1 Å². The minimum atomic E-state index is 0.00445. The molecule has 0 N–H and O–H groups in total. The Labute approximate surface area is 149 Å². The first-order valence-electron chi connectivity index (χ1n) is 8.80. The summed E-state index contributed by atoms with van der Waals surface area (Å²) >= 11 is 0. The summed E-state index contributed by atoms with van der Waals surface area (Å²) in [5.41, 5.74) is 2.84. The second-order valence-corrected chi connectivity index (χ2v) is 6.72. The van der Waals surface area contributed by atoms with Crippen molar-refractivity contribution in [3.63, 3.8) is 0 Å². The maximum absolute atomic E-state index is 12.8. The van der Waals surface area contributed by atoms with Crippen molar-refractivity contribution in [2.24, 2.45) is 5.92 Å². The van der Waals surface area contributed by atoms with Crippen LogP contribution >= 0.6 is 0 Å². The Hall–Kier alpha value is -2.62. The van der Waals surface area contributed by atoms with Gasteiger partial charge in [-0.1, -0.05) is 56.3 Å². The molecular formula is C21H24N2O2. The summed E-state index contributed by atoms with van der Waals surface area (Å²) in [6.07, 6.45) is 0. The van der Waals surface area contributed by atoms with Crippen LogP contribution in [-0.2, 0) is 4.79 Å². The summed E-state index contributed by atoms with van der Waals surface area (Å²) in [5, 5.41) is 0. The lowest BCUT2D eigenvalue weighted by Gasteiger charge is -2.35. The Balaban J connectivity index is 1.69. The van der Waals surface area contributed by atoms with Crippen molar-refractivity contribution in [1.82, 2.24) is 9.80 Å². The van der Waals surface area contributed by atoms with E-state index in [1.54, 1.807) is 0 Å². The lowest BCUT2D eigenvalue weighted by atomic mass is 10.0. The molecule has 0 aliphatic carbocycles. The summed E-state index contributed by atoms with van der Waals surface area (Å²) in [7, 11) is 0. The third-order valence-corrected chi connectivity index (χ3v) is 4.59. The molecule has 4 heteroatoms. The third kappa shape index (κ3) is 3.90. The molecule has 1 fully saturated rings. The van der Waals surface area contributed by atoms with E-state index in [4.69, 9.17) is 0 Å². The van der Waals surface area contributed by atoms with Crippen LogP contribution in [0.5, 0.6) is 0 Å². The average molecular weight is 336 g/mol. The van der Waals surface area contributed by atoms with Crippen LogP contribution in [0, 0.1) is 5.92 Å². The van der Waals surface area contributed by atoms with Crippen molar-refractivity contribution < 1.29 is 9.59 Å². The predicted octanol–water partition coefficient (Wildman–Crippen LogP) is 3.29. The topological polar surface area (TPSA) is 40.6 Å². The number of hydrogen-bond donors (Lipinski definition) is 0. The largest absolute Gasteiger partial charge is 0.339 e. The second kappa shape index (κ2) is 7.51. The molecule has 2 aromatic rings. The fourth-order valence-corrected chi connectivity index (χ4v) is 3.14. The lowest BCUT2D eigenvalue weighted by molar-refractivity contribution is -0.135. The van der Waals surface area contributed by atoms with Crippen LogP contribution in [0.3, 0.4) is 0 Å². The number of piperazine rings is 1. The molecule has 3 rings (SSSR count). The Morgan fingerprint density at radius 3 is 2.04 bits per heavy atom. The molecule has 1 aliphatic rings. The Morgan fingerprint density at radius 1 is 0.800 bits per heavy atom. The predicted molar refractivity (Wildman–Crippen MR) is 99.2 cm³/mol. The first-order valence-corrected chi connectivity index (χ1v) is 8.80. The Morgan fingerprint density at radius 2 is 1.40 bits per heavy atom. The zero-order chi connectivity index (χ0) is 17.8. The van der Waals surface area contributed by atoms with Gasteiger partial charge in [-0.25, -0.2) is 0 Å². The number of amides is 2. The van der Waals surface area contributed by atoms with Crippen LogP contribution in [0.15, 0.2) is 54.6 Å². The monoisotopic (exact) mass is 336 g/mol. The fourth-order valence-electron chi connectivity index (χ4n) is 3.14. The van der Waals surface area contributed by atoms with Crippen LogP contribution in [0.4, 0.5) is 0 Å². The van der Waals surface area contributed by atoms with Crippen molar-refractivity contribution in [1.29, 1.82) is 0 Å². The van der Waals surface area contributed by atoms with Gasteiger partial charge in [-0.3, -0.25) is 9.59 Å². The number of benzene rings is 2. The van der Waals surface area contributed by atoms with Gasteiger partial charge in [-0.2, -0.15) is 0 Å². The van der Waals surface area contributed by atoms with Gasteiger partial charge >= 0.3 is 0 Å². The molecule has 0 unspecified atom stereocenters. The number of nitrogens with zero attached hydrogens (tertiary/aromatic N) is 2. The van der Waals surface area contributed by atoms with Gasteiger partial charge in [0.25, 0.3) is 5.91 Å². The highest BCUT2D eigenvalue weighted by atomic mass is 16.2. The normalized spacial score (nSPS) is 14.7. The maximum atomic E-state index is 12.8. The van der Waals surface area contributed by atoms with Crippen LogP contribution in [-0.4, -0.2) is 47.8 Å². The van der Waals surface area contributed by atoms with Gasteiger partial charge in [0.05, 0.1) is 0 Å². The second-order valence-electron chi connectivity index (χ2n) is 6.72. The van der Waals surface area contributed by atoms with E-state index in [-0.39, 0.29) is 17.7 Å². The standard InChI is InChI=1S/C21H24N2O2/c1-16(2)20(24)22-11-13-23(14-12-22)21(25)19-10-6-9-18(15-19)17-7-4-3-5-8-17/h3-10,15-16H,11-14H2,1-2H3. The molecule has 25 heavy (non-hydrogen) atoms. The highest BCUT2D eigenvalue weighted by molar-refractivity contribution is 5.95. The van der Waals surface area contributed by atoms with E-state index < -0.39 is 0 Å². The van der Waals surface area contributed by atoms with Crippen LogP contribution < -0.4 is 0 Å². The zero-order valence-corrected chi connectivity index (χ0v) is 14.8. The van der Waals surface area contributed by atoms with Crippen molar-refractivity contribution in [2.45, 2.75) is 13.8 Å². The van der Waals surface area contributed by atoms with E-state index in [0.717, 1.165) is 11.1 Å². The number of rotatable bonds is 3. The quantitative estimate of drug-likeness (QED) is 0.863. The number of carbonyl (C=O) groups is 2. The van der Waals surface area contributed by atoms with Crippen molar-refractivity contribution >= 4 is 11.8 Å². The highest BCUT2D eigenvalue weighted by Crippen LogP contribution is 2.21. The molecule has 0 spiro atoms. The van der Waals surface area contributed by atoms with E-state index in [0.29, 0.717) is 31.7 Å². The van der Waals surface area contributed by atoms with Crippen LogP contribution in [0.2, 0.25) is 0 Å². The van der Waals surface area contributed by atoms with E-state index in [1.165, 1.54) is 0 Å². The number of hydrogen-bond acceptors (Lipinski definition) is 2. The van der Waals surface area contributed by atoms with Crippen LogP contribution in [0.25, 0.3) is 11.1 Å². The molecule has 4 nitrogen and oxygen atoms in total. The maximum Gasteiger partial charge on any atom is 0.253 e. The van der Waals surface area contributed by atoms with Gasteiger partial charge < -0.3 is 9.80 Å². The zero-order valence-electron chi connectivity index (χ0n) is 14.8. The molecule has 1 heterocycles.